The summed E-state index contributed by atoms with van der Waals surface area (Å²) in [6, 6.07) is 9.67. The second kappa shape index (κ2) is 5.63. The minimum absolute atomic E-state index is 0.321. The fourth-order valence-corrected chi connectivity index (χ4v) is 2.33. The first-order chi connectivity index (χ1) is 10.2. The van der Waals surface area contributed by atoms with Crippen LogP contribution in [0, 0.1) is 0 Å². The number of benzene rings is 1. The Balaban J connectivity index is 2.10. The standard InChI is InChI=1S/C15H14ClN5/c1-2-6-12-18-9-11-15(21(12)17)20-14(16)13(19-11)10-7-4-3-5-8-10/h3-9H,2,17H2,1H3/b12-6-. The normalized spacial score (nSPS) is 15.4. The van der Waals surface area contributed by atoms with Gasteiger partial charge in [0.25, 0.3) is 0 Å². The molecular weight excluding hydrogens is 286 g/mol. The maximum Gasteiger partial charge on any atom is 0.178 e. The van der Waals surface area contributed by atoms with Gasteiger partial charge in [0.2, 0.25) is 0 Å². The van der Waals surface area contributed by atoms with Crippen LogP contribution in [0.15, 0.2) is 47.2 Å². The molecule has 5 nitrogen and oxygen atoms in total. The molecule has 0 saturated carbocycles. The van der Waals surface area contributed by atoms with Gasteiger partial charge in [-0.05, 0) is 12.5 Å². The van der Waals surface area contributed by atoms with Crippen LogP contribution >= 0.6 is 11.6 Å². The highest BCUT2D eigenvalue weighted by Crippen LogP contribution is 2.30. The van der Waals surface area contributed by atoms with Gasteiger partial charge in [0, 0.05) is 5.56 Å². The number of nitrogens with zero attached hydrogens (tertiary/aromatic N) is 4. The third-order valence-electron chi connectivity index (χ3n) is 3.09. The van der Waals surface area contributed by atoms with Crippen LogP contribution in [-0.2, 0) is 0 Å². The zero-order chi connectivity index (χ0) is 14.8. The van der Waals surface area contributed by atoms with Crippen LogP contribution in [0.25, 0.3) is 11.3 Å². The van der Waals surface area contributed by atoms with Crippen LogP contribution in [0.2, 0.25) is 5.15 Å². The van der Waals surface area contributed by atoms with Gasteiger partial charge < -0.3 is 0 Å². The molecule has 21 heavy (non-hydrogen) atoms. The number of hydrazine groups is 1. The summed E-state index contributed by atoms with van der Waals surface area (Å²) in [6.45, 7) is 2.02. The Morgan fingerprint density at radius 3 is 2.71 bits per heavy atom. The van der Waals surface area contributed by atoms with Crippen LogP contribution in [0.1, 0.15) is 19.0 Å². The monoisotopic (exact) mass is 299 g/mol. The lowest BCUT2D eigenvalue weighted by molar-refractivity contribution is 0.907. The number of anilines is 1. The first kappa shape index (κ1) is 13.7. The Bertz CT molecular complexity index is 724. The summed E-state index contributed by atoms with van der Waals surface area (Å²) >= 11 is 6.27. The van der Waals surface area contributed by atoms with Gasteiger partial charge in [-0.2, -0.15) is 0 Å². The van der Waals surface area contributed by atoms with E-state index in [1.807, 2.05) is 43.3 Å². The van der Waals surface area contributed by atoms with Crippen molar-refractivity contribution < 1.29 is 0 Å². The molecule has 2 aromatic rings. The summed E-state index contributed by atoms with van der Waals surface area (Å²) in [5.74, 6) is 7.17. The van der Waals surface area contributed by atoms with E-state index < -0.39 is 0 Å². The molecule has 6 heteroatoms. The van der Waals surface area contributed by atoms with Crippen molar-refractivity contribution in [1.29, 1.82) is 0 Å². The van der Waals surface area contributed by atoms with E-state index in [0.717, 1.165) is 12.0 Å². The lowest BCUT2D eigenvalue weighted by atomic mass is 10.1. The highest BCUT2D eigenvalue weighted by Gasteiger charge is 2.21. The summed E-state index contributed by atoms with van der Waals surface area (Å²) in [6.07, 6.45) is 4.41. The second-order valence-corrected chi connectivity index (χ2v) is 4.89. The maximum atomic E-state index is 6.27. The zero-order valence-electron chi connectivity index (χ0n) is 11.5. The number of aliphatic imine (C=N–C) groups is 1. The fraction of sp³-hybridized carbons (Fsp3) is 0.133. The van der Waals surface area contributed by atoms with E-state index >= 15 is 0 Å². The summed E-state index contributed by atoms with van der Waals surface area (Å²) in [4.78, 5) is 13.2. The molecule has 1 aromatic heterocycles. The lowest BCUT2D eigenvalue weighted by Crippen LogP contribution is -2.33. The topological polar surface area (TPSA) is 67.4 Å². The number of rotatable bonds is 2. The van der Waals surface area contributed by atoms with Crippen LogP contribution in [-0.4, -0.2) is 16.2 Å². The highest BCUT2D eigenvalue weighted by molar-refractivity contribution is 6.32. The van der Waals surface area contributed by atoms with E-state index in [2.05, 4.69) is 15.0 Å². The second-order valence-electron chi connectivity index (χ2n) is 4.54. The lowest BCUT2D eigenvalue weighted by Gasteiger charge is -2.23. The van der Waals surface area contributed by atoms with Crippen molar-refractivity contribution in [2.75, 3.05) is 5.01 Å². The molecule has 0 amide bonds. The summed E-state index contributed by atoms with van der Waals surface area (Å²) in [5, 5.41) is 1.73. The predicted molar refractivity (Wildman–Crippen MR) is 85.1 cm³/mol. The van der Waals surface area contributed by atoms with Gasteiger partial charge in [-0.1, -0.05) is 48.9 Å². The molecule has 0 radical (unpaired) electrons. The molecule has 1 aromatic carbocycles. The summed E-state index contributed by atoms with van der Waals surface area (Å²) in [5.41, 5.74) is 2.14. The molecule has 3 rings (SSSR count). The van der Waals surface area contributed by atoms with E-state index in [1.54, 1.807) is 6.21 Å². The van der Waals surface area contributed by atoms with Crippen molar-refractivity contribution in [1.82, 2.24) is 9.97 Å². The average molecular weight is 300 g/mol. The Labute approximate surface area is 127 Å². The van der Waals surface area contributed by atoms with Crippen molar-refractivity contribution in [2.45, 2.75) is 13.3 Å². The number of halogens is 1. The van der Waals surface area contributed by atoms with Crippen LogP contribution in [0.4, 0.5) is 5.82 Å². The molecule has 0 saturated heterocycles. The van der Waals surface area contributed by atoms with E-state index in [0.29, 0.717) is 28.2 Å². The number of hydrogen-bond acceptors (Lipinski definition) is 5. The minimum atomic E-state index is 0.321. The number of aromatic nitrogens is 2. The van der Waals surface area contributed by atoms with Gasteiger partial charge in [0.1, 0.15) is 17.2 Å². The minimum Gasteiger partial charge on any atom is -0.243 e. The Morgan fingerprint density at radius 2 is 2.00 bits per heavy atom. The third-order valence-corrected chi connectivity index (χ3v) is 3.35. The SMILES string of the molecule is CC/C=C1/N=Cc2nc(-c3ccccc3)c(Cl)nc2N1N. The van der Waals surface area contributed by atoms with Crippen molar-refractivity contribution in [2.24, 2.45) is 10.8 Å². The van der Waals surface area contributed by atoms with E-state index in [1.165, 1.54) is 5.01 Å². The molecule has 0 fully saturated rings. The quantitative estimate of drug-likeness (QED) is 0.865. The number of fused-ring (bicyclic) bond motifs is 1. The van der Waals surface area contributed by atoms with Gasteiger partial charge in [0.15, 0.2) is 11.0 Å². The zero-order valence-corrected chi connectivity index (χ0v) is 12.2. The van der Waals surface area contributed by atoms with Gasteiger partial charge in [-0.3, -0.25) is 0 Å². The van der Waals surface area contributed by atoms with Gasteiger partial charge >= 0.3 is 0 Å². The molecular formula is C15H14ClN5. The van der Waals surface area contributed by atoms with Gasteiger partial charge in [0.05, 0.1) is 6.21 Å². The summed E-state index contributed by atoms with van der Waals surface area (Å²) in [7, 11) is 0. The molecule has 0 bridgehead atoms. The van der Waals surface area contributed by atoms with E-state index in [-0.39, 0.29) is 0 Å². The number of nitrogens with two attached hydrogens (primary N) is 1. The third kappa shape index (κ3) is 2.53. The number of hydrogen-bond donors (Lipinski definition) is 1. The molecule has 1 aliphatic heterocycles. The Kier molecular flexibility index (Phi) is 3.68. The highest BCUT2D eigenvalue weighted by atomic mass is 35.5. The summed E-state index contributed by atoms with van der Waals surface area (Å²) < 4.78 is 0. The van der Waals surface area contributed by atoms with Crippen molar-refractivity contribution in [3.63, 3.8) is 0 Å². The van der Waals surface area contributed by atoms with Gasteiger partial charge in [-0.15, -0.1) is 0 Å². The molecule has 0 aliphatic carbocycles. The Hall–Kier alpha value is -2.24. The maximum absolute atomic E-state index is 6.27. The Morgan fingerprint density at radius 1 is 1.24 bits per heavy atom. The van der Waals surface area contributed by atoms with E-state index in [4.69, 9.17) is 17.4 Å². The molecule has 106 valence electrons. The van der Waals surface area contributed by atoms with Gasteiger partial charge in [-0.25, -0.2) is 25.8 Å². The number of allylic oxidation sites excluding steroid dienone is 1. The first-order valence-electron chi connectivity index (χ1n) is 6.62. The average Bonchev–Trinajstić information content (AvgIpc) is 2.51. The van der Waals surface area contributed by atoms with E-state index in [9.17, 15) is 0 Å². The van der Waals surface area contributed by atoms with Crippen LogP contribution in [0.5, 0.6) is 0 Å². The molecule has 0 spiro atoms. The fourth-order valence-electron chi connectivity index (χ4n) is 2.09. The largest absolute Gasteiger partial charge is 0.243 e. The molecule has 2 N–H and O–H groups in total. The van der Waals surface area contributed by atoms with Crippen molar-refractivity contribution in [3.05, 3.63) is 53.1 Å². The van der Waals surface area contributed by atoms with Crippen molar-refractivity contribution in [3.8, 4) is 11.3 Å². The van der Waals surface area contributed by atoms with Crippen LogP contribution in [0.3, 0.4) is 0 Å². The first-order valence-corrected chi connectivity index (χ1v) is 7.00. The predicted octanol–water partition coefficient (Wildman–Crippen LogP) is 3.16. The van der Waals surface area contributed by atoms with Crippen LogP contribution < -0.4 is 10.9 Å². The molecule has 0 unspecified atom stereocenters. The van der Waals surface area contributed by atoms with Crippen molar-refractivity contribution >= 4 is 23.6 Å². The smallest absolute Gasteiger partial charge is 0.178 e. The molecule has 2 heterocycles. The molecule has 1 aliphatic rings. The molecule has 0 atom stereocenters.